The molecule has 0 aromatic carbocycles. The summed E-state index contributed by atoms with van der Waals surface area (Å²) in [5, 5.41) is 20.0. The van der Waals surface area contributed by atoms with E-state index in [1.54, 1.807) is 25.3 Å². The Morgan fingerprint density at radius 2 is 2.21 bits per heavy atom. The minimum Gasteiger partial charge on any atom is -0.386 e. The molecule has 0 amide bonds. The first-order valence-electron chi connectivity index (χ1n) is 9.12. The minimum atomic E-state index is -3.95. The lowest BCUT2D eigenvalue weighted by molar-refractivity contribution is 0.0790. The highest BCUT2D eigenvalue weighted by molar-refractivity contribution is 7.84. The topological polar surface area (TPSA) is 144 Å². The molecule has 0 bridgehead atoms. The van der Waals surface area contributed by atoms with Gasteiger partial charge in [-0.1, -0.05) is 0 Å². The van der Waals surface area contributed by atoms with Crippen molar-refractivity contribution < 1.29 is 22.5 Å². The van der Waals surface area contributed by atoms with Crippen molar-refractivity contribution in [1.82, 2.24) is 9.97 Å². The molecule has 1 fully saturated rings. The molecule has 9 nitrogen and oxygen atoms in total. The number of aliphatic hydroxyl groups is 1. The molecule has 2 atom stereocenters. The first kappa shape index (κ1) is 21.8. The third-order valence-corrected chi connectivity index (χ3v) is 6.23. The lowest BCUT2D eigenvalue weighted by atomic mass is 10.0. The number of nitrogens with zero attached hydrogens (tertiary/aromatic N) is 2. The van der Waals surface area contributed by atoms with Crippen LogP contribution in [0.15, 0.2) is 24.0 Å². The van der Waals surface area contributed by atoms with Gasteiger partial charge in [-0.05, 0) is 56.0 Å². The van der Waals surface area contributed by atoms with E-state index in [9.17, 15) is 18.3 Å². The largest absolute Gasteiger partial charge is 0.386 e. The number of aromatic nitrogens is 2. The number of carbonyl (C=O) groups is 1. The minimum absolute atomic E-state index is 0.0285. The molecule has 0 saturated heterocycles. The van der Waals surface area contributed by atoms with Gasteiger partial charge in [0.2, 0.25) is 5.78 Å². The van der Waals surface area contributed by atoms with Crippen molar-refractivity contribution in [1.29, 1.82) is 0 Å². The second kappa shape index (κ2) is 8.44. The van der Waals surface area contributed by atoms with Gasteiger partial charge in [-0.15, -0.1) is 11.3 Å². The van der Waals surface area contributed by atoms with Crippen molar-refractivity contribution >= 4 is 33.2 Å². The summed E-state index contributed by atoms with van der Waals surface area (Å²) >= 11 is 1.26. The lowest BCUT2D eigenvalue weighted by Crippen LogP contribution is -2.22. The number of hydrogen-bond acceptors (Lipinski definition) is 9. The third kappa shape index (κ3) is 5.80. The van der Waals surface area contributed by atoms with Gasteiger partial charge < -0.3 is 10.4 Å². The first-order chi connectivity index (χ1) is 13.5. The molecular formula is C18H24N4O5S2. The summed E-state index contributed by atoms with van der Waals surface area (Å²) in [6.07, 6.45) is 5.08. The molecule has 3 rings (SSSR count). The third-order valence-electron chi connectivity index (χ3n) is 4.84. The van der Waals surface area contributed by atoms with E-state index in [-0.39, 0.29) is 24.3 Å². The van der Waals surface area contributed by atoms with E-state index in [0.29, 0.717) is 28.2 Å². The fraction of sp³-hybridized carbons (Fsp3) is 0.500. The Balaban J connectivity index is 1.70. The Morgan fingerprint density at radius 3 is 2.86 bits per heavy atom. The molecule has 0 spiro atoms. The van der Waals surface area contributed by atoms with Gasteiger partial charge in [0.15, 0.2) is 0 Å². The molecule has 4 N–H and O–H groups in total. The van der Waals surface area contributed by atoms with Crippen molar-refractivity contribution in [2.24, 2.45) is 11.1 Å². The molecule has 29 heavy (non-hydrogen) atoms. The van der Waals surface area contributed by atoms with Crippen molar-refractivity contribution in [2.45, 2.75) is 44.8 Å². The molecule has 0 aliphatic heterocycles. The van der Waals surface area contributed by atoms with E-state index >= 15 is 0 Å². The van der Waals surface area contributed by atoms with Crippen molar-refractivity contribution in [3.63, 3.8) is 0 Å². The summed E-state index contributed by atoms with van der Waals surface area (Å²) in [6, 6.07) is 1.71. The van der Waals surface area contributed by atoms with Crippen LogP contribution < -0.4 is 10.5 Å². The molecule has 158 valence electrons. The van der Waals surface area contributed by atoms with Crippen LogP contribution in [0, 0.1) is 5.92 Å². The Bertz CT molecular complexity index is 984. The maximum atomic E-state index is 13.0. The van der Waals surface area contributed by atoms with Crippen LogP contribution >= 0.6 is 11.3 Å². The smallest absolute Gasteiger partial charge is 0.333 e. The average molecular weight is 441 g/mol. The van der Waals surface area contributed by atoms with Crippen LogP contribution in [0.5, 0.6) is 0 Å². The van der Waals surface area contributed by atoms with E-state index in [1.807, 2.05) is 0 Å². The molecule has 2 aromatic heterocycles. The highest BCUT2D eigenvalue weighted by atomic mass is 32.2. The zero-order valence-corrected chi connectivity index (χ0v) is 17.8. The summed E-state index contributed by atoms with van der Waals surface area (Å²) < 4.78 is 26.6. The van der Waals surface area contributed by atoms with Crippen LogP contribution in [0.1, 0.15) is 53.9 Å². The van der Waals surface area contributed by atoms with E-state index in [4.69, 9.17) is 5.14 Å². The molecule has 1 saturated carbocycles. The number of carbonyl (C=O) groups excluding carboxylic acids is 1. The predicted molar refractivity (Wildman–Crippen MR) is 109 cm³/mol. The number of nitrogens with one attached hydrogen (secondary N) is 1. The number of ketones is 1. The summed E-state index contributed by atoms with van der Waals surface area (Å²) in [6.45, 7) is 3.37. The number of rotatable bonds is 8. The predicted octanol–water partition coefficient (Wildman–Crippen LogP) is 1.80. The standard InChI is InChI=1S/C18H24N4O5S2/c1-18(2,24)12-6-15(28-9-12)16(23)14-7-20-10-21-17(14)22-13-4-3-11(5-13)8-27-29(19,25)26/h6-7,9-11,13,24H,3-5,8H2,1-2H3,(H2,19,25,26)(H,20,21,22)/t11?,13-/m0/s1. The Kier molecular flexibility index (Phi) is 6.34. The molecule has 0 radical (unpaired) electrons. The Labute approximate surface area is 173 Å². The average Bonchev–Trinajstić information content (AvgIpc) is 3.28. The Hall–Kier alpha value is -1.92. The van der Waals surface area contributed by atoms with Gasteiger partial charge in [-0.25, -0.2) is 15.1 Å². The number of thiophene rings is 1. The molecule has 2 heterocycles. The van der Waals surface area contributed by atoms with Gasteiger partial charge >= 0.3 is 10.3 Å². The molecule has 1 aliphatic rings. The van der Waals surface area contributed by atoms with E-state index in [0.717, 1.165) is 12.8 Å². The van der Waals surface area contributed by atoms with Gasteiger partial charge in [0, 0.05) is 12.2 Å². The first-order valence-corrected chi connectivity index (χ1v) is 11.5. The van der Waals surface area contributed by atoms with Crippen molar-refractivity contribution in [3.8, 4) is 0 Å². The fourth-order valence-corrected chi connectivity index (χ4v) is 4.67. The molecule has 1 aliphatic carbocycles. The summed E-state index contributed by atoms with van der Waals surface area (Å²) in [5.41, 5.74) is -0.00657. The maximum Gasteiger partial charge on any atom is 0.333 e. The lowest BCUT2D eigenvalue weighted by Gasteiger charge is -2.16. The quantitative estimate of drug-likeness (QED) is 0.527. The monoisotopic (exact) mass is 440 g/mol. The maximum absolute atomic E-state index is 13.0. The normalized spacial score (nSPS) is 20.0. The number of anilines is 1. The fourth-order valence-electron chi connectivity index (χ4n) is 3.26. The SMILES string of the molecule is CC(C)(O)c1csc(C(=O)c2cncnc2N[C@H]2CCC(COS(N)(=O)=O)C2)c1. The van der Waals surface area contributed by atoms with Crippen molar-refractivity contribution in [3.05, 3.63) is 40.0 Å². The number of nitrogens with two attached hydrogens (primary N) is 1. The second-order valence-corrected chi connectivity index (χ2v) is 9.80. The molecule has 1 unspecified atom stereocenters. The van der Waals surface area contributed by atoms with E-state index in [1.165, 1.54) is 23.9 Å². The highest BCUT2D eigenvalue weighted by Gasteiger charge is 2.28. The summed E-state index contributed by atoms with van der Waals surface area (Å²) in [5.74, 6) is 0.264. The van der Waals surface area contributed by atoms with Crippen LogP contribution in [0.3, 0.4) is 0 Å². The van der Waals surface area contributed by atoms with Gasteiger partial charge in [-0.2, -0.15) is 8.42 Å². The van der Waals surface area contributed by atoms with Gasteiger partial charge in [-0.3, -0.25) is 8.98 Å². The van der Waals surface area contributed by atoms with Gasteiger partial charge in [0.25, 0.3) is 0 Å². The zero-order chi connectivity index (χ0) is 21.2. The van der Waals surface area contributed by atoms with E-state index < -0.39 is 15.9 Å². The van der Waals surface area contributed by atoms with Crippen LogP contribution in [0.2, 0.25) is 0 Å². The molecule has 11 heteroatoms. The van der Waals surface area contributed by atoms with Crippen LogP contribution in [0.25, 0.3) is 0 Å². The van der Waals surface area contributed by atoms with Crippen LogP contribution in [0.4, 0.5) is 5.82 Å². The molecule has 2 aromatic rings. The zero-order valence-electron chi connectivity index (χ0n) is 16.2. The van der Waals surface area contributed by atoms with Crippen LogP contribution in [-0.2, 0) is 20.1 Å². The van der Waals surface area contributed by atoms with Gasteiger partial charge in [0.05, 0.1) is 22.6 Å². The molecular weight excluding hydrogens is 416 g/mol. The van der Waals surface area contributed by atoms with Gasteiger partial charge in [0.1, 0.15) is 12.1 Å². The number of hydrogen-bond donors (Lipinski definition) is 3. The van der Waals surface area contributed by atoms with Crippen molar-refractivity contribution in [2.75, 3.05) is 11.9 Å². The summed E-state index contributed by atoms with van der Waals surface area (Å²) in [4.78, 5) is 21.7. The second-order valence-electron chi connectivity index (χ2n) is 7.67. The van der Waals surface area contributed by atoms with E-state index in [2.05, 4.69) is 19.5 Å². The summed E-state index contributed by atoms with van der Waals surface area (Å²) in [7, 11) is -3.95. The van der Waals surface area contributed by atoms with Crippen LogP contribution in [-0.4, -0.2) is 41.9 Å². The highest BCUT2D eigenvalue weighted by Crippen LogP contribution is 2.31. The Morgan fingerprint density at radius 1 is 1.45 bits per heavy atom.